The van der Waals surface area contributed by atoms with Gasteiger partial charge in [-0.25, -0.2) is 0 Å². The lowest BCUT2D eigenvalue weighted by Gasteiger charge is -2.37. The van der Waals surface area contributed by atoms with Crippen molar-refractivity contribution in [3.05, 3.63) is 35.9 Å². The van der Waals surface area contributed by atoms with Crippen molar-refractivity contribution in [2.75, 3.05) is 19.8 Å². The Hall–Kier alpha value is -1.43. The van der Waals surface area contributed by atoms with Crippen molar-refractivity contribution < 1.29 is 14.6 Å². The highest BCUT2D eigenvalue weighted by atomic mass is 16.5. The van der Waals surface area contributed by atoms with Crippen LogP contribution < -0.4 is 11.1 Å². The molecule has 0 saturated carbocycles. The molecule has 1 atom stereocenters. The van der Waals surface area contributed by atoms with E-state index >= 15 is 0 Å². The third-order valence-electron chi connectivity index (χ3n) is 4.06. The van der Waals surface area contributed by atoms with E-state index in [-0.39, 0.29) is 12.5 Å². The molecule has 1 aromatic rings. The number of aliphatic hydroxyl groups excluding tert-OH is 1. The lowest BCUT2D eigenvalue weighted by atomic mass is 9.90. The van der Waals surface area contributed by atoms with Gasteiger partial charge in [-0.1, -0.05) is 30.3 Å². The highest BCUT2D eigenvalue weighted by molar-refractivity contribution is 5.82. The maximum absolute atomic E-state index is 12.2. The number of nitrogens with one attached hydrogen (secondary N) is 1. The van der Waals surface area contributed by atoms with Crippen LogP contribution in [0.15, 0.2) is 30.3 Å². The normalized spacial score (nSPS) is 19.0. The van der Waals surface area contributed by atoms with Crippen LogP contribution in [0.1, 0.15) is 24.8 Å². The molecule has 0 aliphatic carbocycles. The molecule has 1 amide bonds. The molecule has 1 aliphatic heterocycles. The van der Waals surface area contributed by atoms with Crippen LogP contribution in [0.3, 0.4) is 0 Å². The van der Waals surface area contributed by atoms with Gasteiger partial charge in [0.05, 0.1) is 18.2 Å². The molecule has 21 heavy (non-hydrogen) atoms. The Morgan fingerprint density at radius 1 is 1.33 bits per heavy atom. The largest absolute Gasteiger partial charge is 0.394 e. The van der Waals surface area contributed by atoms with Crippen LogP contribution in [-0.4, -0.2) is 42.4 Å². The minimum absolute atomic E-state index is 0.0759. The molecule has 1 aliphatic rings. The van der Waals surface area contributed by atoms with Crippen molar-refractivity contribution in [3.8, 4) is 0 Å². The van der Waals surface area contributed by atoms with Crippen molar-refractivity contribution in [2.45, 2.75) is 37.3 Å². The lowest BCUT2D eigenvalue weighted by Crippen LogP contribution is -2.58. The Morgan fingerprint density at radius 3 is 2.62 bits per heavy atom. The minimum Gasteiger partial charge on any atom is -0.394 e. The standard InChI is InChI=1S/C16H24N2O3/c17-14(7-6-13-4-2-1-3-5-13)15(20)18-16(12-19)8-10-21-11-9-16/h1-5,14,19H,6-12,17H2,(H,18,20)/t14-/m0/s1. The van der Waals surface area contributed by atoms with Gasteiger partial charge in [-0.05, 0) is 31.2 Å². The summed E-state index contributed by atoms with van der Waals surface area (Å²) in [6.45, 7) is 1.04. The number of ether oxygens (including phenoxy) is 1. The molecule has 5 nitrogen and oxygen atoms in total. The fraction of sp³-hybridized carbons (Fsp3) is 0.562. The number of carbonyl (C=O) groups excluding carboxylic acids is 1. The van der Waals surface area contributed by atoms with E-state index in [2.05, 4.69) is 5.32 Å². The molecule has 0 bridgehead atoms. The smallest absolute Gasteiger partial charge is 0.237 e. The number of hydrogen-bond acceptors (Lipinski definition) is 4. The van der Waals surface area contributed by atoms with Gasteiger partial charge in [-0.2, -0.15) is 0 Å². The summed E-state index contributed by atoms with van der Waals surface area (Å²) in [5, 5.41) is 12.5. The first-order chi connectivity index (χ1) is 10.2. The van der Waals surface area contributed by atoms with Gasteiger partial charge in [-0.15, -0.1) is 0 Å². The Bertz CT molecular complexity index is 444. The van der Waals surface area contributed by atoms with Gasteiger partial charge >= 0.3 is 0 Å². The van der Waals surface area contributed by atoms with E-state index in [4.69, 9.17) is 10.5 Å². The molecule has 1 saturated heterocycles. The second-order valence-corrected chi connectivity index (χ2v) is 5.67. The number of aliphatic hydroxyl groups is 1. The molecular weight excluding hydrogens is 268 g/mol. The summed E-state index contributed by atoms with van der Waals surface area (Å²) in [5.41, 5.74) is 6.57. The van der Waals surface area contributed by atoms with Crippen LogP contribution in [0.4, 0.5) is 0 Å². The molecule has 5 heteroatoms. The highest BCUT2D eigenvalue weighted by Gasteiger charge is 2.34. The molecule has 1 heterocycles. The summed E-state index contributed by atoms with van der Waals surface area (Å²) in [5.74, 6) is -0.193. The topological polar surface area (TPSA) is 84.6 Å². The molecule has 2 rings (SSSR count). The number of benzene rings is 1. The molecule has 1 aromatic carbocycles. The zero-order valence-corrected chi connectivity index (χ0v) is 12.3. The summed E-state index contributed by atoms with van der Waals surface area (Å²) in [7, 11) is 0. The predicted molar refractivity (Wildman–Crippen MR) is 80.8 cm³/mol. The molecule has 0 aromatic heterocycles. The molecule has 0 spiro atoms. The molecule has 0 unspecified atom stereocenters. The summed E-state index contributed by atoms with van der Waals surface area (Å²) < 4.78 is 5.28. The second kappa shape index (κ2) is 7.54. The maximum atomic E-state index is 12.2. The van der Waals surface area contributed by atoms with Gasteiger partial charge in [0, 0.05) is 13.2 Å². The number of amides is 1. The average Bonchev–Trinajstić information content (AvgIpc) is 2.54. The Balaban J connectivity index is 1.84. The molecule has 4 N–H and O–H groups in total. The van der Waals surface area contributed by atoms with Gasteiger partial charge in [0.15, 0.2) is 0 Å². The molecule has 116 valence electrons. The van der Waals surface area contributed by atoms with E-state index in [0.29, 0.717) is 32.5 Å². The quantitative estimate of drug-likeness (QED) is 0.717. The zero-order chi connectivity index (χ0) is 15.1. The van der Waals surface area contributed by atoms with Gasteiger partial charge in [0.25, 0.3) is 0 Å². The van der Waals surface area contributed by atoms with E-state index in [1.54, 1.807) is 0 Å². The van der Waals surface area contributed by atoms with Gasteiger partial charge < -0.3 is 20.9 Å². The van der Waals surface area contributed by atoms with E-state index in [1.165, 1.54) is 5.56 Å². The van der Waals surface area contributed by atoms with Crippen LogP contribution in [-0.2, 0) is 16.0 Å². The maximum Gasteiger partial charge on any atom is 0.237 e. The van der Waals surface area contributed by atoms with Crippen molar-refractivity contribution in [1.29, 1.82) is 0 Å². The minimum atomic E-state index is -0.570. The summed E-state index contributed by atoms with van der Waals surface area (Å²) >= 11 is 0. The average molecular weight is 292 g/mol. The fourth-order valence-corrected chi connectivity index (χ4v) is 2.54. The summed E-state index contributed by atoms with van der Waals surface area (Å²) in [6, 6.07) is 9.41. The van der Waals surface area contributed by atoms with Crippen molar-refractivity contribution in [1.82, 2.24) is 5.32 Å². The summed E-state index contributed by atoms with van der Waals surface area (Å²) in [6.07, 6.45) is 2.61. The van der Waals surface area contributed by atoms with Crippen molar-refractivity contribution in [3.63, 3.8) is 0 Å². The summed E-state index contributed by atoms with van der Waals surface area (Å²) in [4.78, 5) is 12.2. The first kappa shape index (κ1) is 15.9. The number of aryl methyl sites for hydroxylation is 1. The first-order valence-electron chi connectivity index (χ1n) is 7.45. The third-order valence-corrected chi connectivity index (χ3v) is 4.06. The fourth-order valence-electron chi connectivity index (χ4n) is 2.54. The predicted octanol–water partition coefficient (Wildman–Crippen LogP) is 0.604. The number of rotatable bonds is 6. The van der Waals surface area contributed by atoms with E-state index < -0.39 is 11.6 Å². The SMILES string of the molecule is N[C@@H](CCc1ccccc1)C(=O)NC1(CO)CCOCC1. The van der Waals surface area contributed by atoms with Crippen LogP contribution in [0.2, 0.25) is 0 Å². The number of hydrogen-bond donors (Lipinski definition) is 3. The number of carbonyl (C=O) groups is 1. The Morgan fingerprint density at radius 2 is 2.00 bits per heavy atom. The van der Waals surface area contributed by atoms with E-state index in [9.17, 15) is 9.90 Å². The van der Waals surface area contributed by atoms with Crippen LogP contribution in [0.25, 0.3) is 0 Å². The van der Waals surface area contributed by atoms with Crippen LogP contribution >= 0.6 is 0 Å². The molecular formula is C16H24N2O3. The Kier molecular flexibility index (Phi) is 5.73. The lowest BCUT2D eigenvalue weighted by molar-refractivity contribution is -0.126. The van der Waals surface area contributed by atoms with Crippen LogP contribution in [0, 0.1) is 0 Å². The monoisotopic (exact) mass is 292 g/mol. The first-order valence-corrected chi connectivity index (χ1v) is 7.45. The molecule has 1 fully saturated rings. The van der Waals surface area contributed by atoms with Gasteiger partial charge in [0.2, 0.25) is 5.91 Å². The molecule has 0 radical (unpaired) electrons. The van der Waals surface area contributed by atoms with Crippen molar-refractivity contribution in [2.24, 2.45) is 5.73 Å². The number of nitrogens with two attached hydrogens (primary N) is 1. The van der Waals surface area contributed by atoms with E-state index in [1.807, 2.05) is 30.3 Å². The highest BCUT2D eigenvalue weighted by Crippen LogP contribution is 2.20. The van der Waals surface area contributed by atoms with Crippen molar-refractivity contribution >= 4 is 5.91 Å². The second-order valence-electron chi connectivity index (χ2n) is 5.67. The Labute approximate surface area is 125 Å². The zero-order valence-electron chi connectivity index (χ0n) is 12.3. The van der Waals surface area contributed by atoms with Crippen LogP contribution in [0.5, 0.6) is 0 Å². The van der Waals surface area contributed by atoms with E-state index in [0.717, 1.165) is 6.42 Å². The third kappa shape index (κ3) is 4.52. The van der Waals surface area contributed by atoms with Gasteiger partial charge in [-0.3, -0.25) is 4.79 Å². The van der Waals surface area contributed by atoms with Gasteiger partial charge in [0.1, 0.15) is 0 Å².